The van der Waals surface area contributed by atoms with Crippen LogP contribution in [0.3, 0.4) is 0 Å². The molecule has 16 heavy (non-hydrogen) atoms. The van der Waals surface area contributed by atoms with E-state index in [0.29, 0.717) is 18.2 Å². The monoisotopic (exact) mass is 233 g/mol. The van der Waals surface area contributed by atoms with Crippen molar-refractivity contribution in [3.8, 4) is 0 Å². The highest BCUT2D eigenvalue weighted by Gasteiger charge is 2.08. The predicted octanol–water partition coefficient (Wildman–Crippen LogP) is 1.89. The SMILES string of the molecule is C=C(C)C(=O)O.CCCN(O)C(=O)OCC. The van der Waals surface area contributed by atoms with Crippen LogP contribution >= 0.6 is 0 Å². The molecule has 0 aliphatic rings. The molecule has 0 aromatic carbocycles. The molecule has 0 unspecified atom stereocenters. The molecule has 6 nitrogen and oxygen atoms in total. The van der Waals surface area contributed by atoms with Gasteiger partial charge in [-0.15, -0.1) is 0 Å². The number of carbonyl (C=O) groups excluding carboxylic acids is 1. The third-order valence-corrected chi connectivity index (χ3v) is 1.28. The number of hydrogen-bond acceptors (Lipinski definition) is 4. The predicted molar refractivity (Wildman–Crippen MR) is 58.3 cm³/mol. The average molecular weight is 233 g/mol. The molecule has 0 heterocycles. The maximum Gasteiger partial charge on any atom is 0.433 e. The zero-order chi connectivity index (χ0) is 13.1. The summed E-state index contributed by atoms with van der Waals surface area (Å²) in [6, 6.07) is 0. The smallest absolute Gasteiger partial charge is 0.433 e. The zero-order valence-electron chi connectivity index (χ0n) is 9.89. The van der Waals surface area contributed by atoms with Crippen LogP contribution in [-0.2, 0) is 9.53 Å². The number of aliphatic carboxylic acids is 1. The molecule has 0 saturated heterocycles. The molecule has 0 atom stereocenters. The Morgan fingerprint density at radius 3 is 2.06 bits per heavy atom. The van der Waals surface area contributed by atoms with Gasteiger partial charge in [0, 0.05) is 5.57 Å². The highest BCUT2D eigenvalue weighted by atomic mass is 16.6. The van der Waals surface area contributed by atoms with Gasteiger partial charge in [-0.05, 0) is 20.3 Å². The topological polar surface area (TPSA) is 87.1 Å². The summed E-state index contributed by atoms with van der Waals surface area (Å²) in [5.41, 5.74) is 0.176. The number of amides is 1. The van der Waals surface area contributed by atoms with Gasteiger partial charge in [-0.3, -0.25) is 5.21 Å². The van der Waals surface area contributed by atoms with E-state index in [0.717, 1.165) is 6.42 Å². The molecule has 0 aliphatic heterocycles. The van der Waals surface area contributed by atoms with Crippen LogP contribution in [0.15, 0.2) is 12.2 Å². The van der Waals surface area contributed by atoms with E-state index in [1.54, 1.807) is 6.92 Å². The Hall–Kier alpha value is -1.56. The van der Waals surface area contributed by atoms with Crippen molar-refractivity contribution in [1.82, 2.24) is 5.06 Å². The van der Waals surface area contributed by atoms with Crippen molar-refractivity contribution < 1.29 is 24.6 Å². The van der Waals surface area contributed by atoms with E-state index in [1.807, 2.05) is 6.92 Å². The second-order valence-electron chi connectivity index (χ2n) is 2.91. The quantitative estimate of drug-likeness (QED) is 0.440. The van der Waals surface area contributed by atoms with Gasteiger partial charge in [-0.1, -0.05) is 13.5 Å². The first-order chi connectivity index (χ1) is 7.36. The van der Waals surface area contributed by atoms with E-state index in [1.165, 1.54) is 6.92 Å². The van der Waals surface area contributed by atoms with E-state index in [4.69, 9.17) is 10.3 Å². The summed E-state index contributed by atoms with van der Waals surface area (Å²) in [7, 11) is 0. The molecule has 0 radical (unpaired) electrons. The fourth-order valence-electron chi connectivity index (χ4n) is 0.501. The van der Waals surface area contributed by atoms with Gasteiger partial charge in [0.2, 0.25) is 0 Å². The van der Waals surface area contributed by atoms with Gasteiger partial charge >= 0.3 is 12.1 Å². The standard InChI is InChI=1S/C6H13NO3.C4H6O2/c1-3-5-7(9)6(8)10-4-2;1-3(2)4(5)6/h9H,3-5H2,1-2H3;1H2,2H3,(H,5,6). The first-order valence-corrected chi connectivity index (χ1v) is 4.88. The molecule has 0 aliphatic carbocycles. The Morgan fingerprint density at radius 2 is 1.81 bits per heavy atom. The fraction of sp³-hybridized carbons (Fsp3) is 0.600. The largest absolute Gasteiger partial charge is 0.478 e. The molecule has 0 aromatic heterocycles. The molecule has 0 fully saturated rings. The van der Waals surface area contributed by atoms with Gasteiger partial charge in [-0.2, -0.15) is 5.06 Å². The van der Waals surface area contributed by atoms with Crippen molar-refractivity contribution in [3.05, 3.63) is 12.2 Å². The number of carbonyl (C=O) groups is 2. The van der Waals surface area contributed by atoms with Crippen molar-refractivity contribution in [3.63, 3.8) is 0 Å². The number of nitrogens with zero attached hydrogens (tertiary/aromatic N) is 1. The molecule has 0 rings (SSSR count). The number of carboxylic acids is 1. The lowest BCUT2D eigenvalue weighted by atomic mass is 10.4. The minimum absolute atomic E-state index is 0.176. The Balaban J connectivity index is 0. The fourth-order valence-corrected chi connectivity index (χ4v) is 0.501. The van der Waals surface area contributed by atoms with Gasteiger partial charge in [0.15, 0.2) is 0 Å². The van der Waals surface area contributed by atoms with Crippen LogP contribution in [0.5, 0.6) is 0 Å². The molecule has 0 aromatic rings. The maximum absolute atomic E-state index is 10.6. The van der Waals surface area contributed by atoms with Crippen molar-refractivity contribution in [2.75, 3.05) is 13.2 Å². The molecule has 6 heteroatoms. The van der Waals surface area contributed by atoms with Crippen molar-refractivity contribution in [2.24, 2.45) is 0 Å². The maximum atomic E-state index is 10.6. The molecule has 2 N–H and O–H groups in total. The molecule has 0 bridgehead atoms. The average Bonchev–Trinajstić information content (AvgIpc) is 2.19. The summed E-state index contributed by atoms with van der Waals surface area (Å²) in [5, 5.41) is 17.3. The van der Waals surface area contributed by atoms with Gasteiger partial charge in [0.1, 0.15) is 0 Å². The lowest BCUT2D eigenvalue weighted by Crippen LogP contribution is -2.28. The second-order valence-corrected chi connectivity index (χ2v) is 2.91. The molecular formula is C10H19NO5. The van der Waals surface area contributed by atoms with Crippen molar-refractivity contribution >= 4 is 12.1 Å². The van der Waals surface area contributed by atoms with E-state index in [-0.39, 0.29) is 5.57 Å². The normalized spacial score (nSPS) is 8.50. The van der Waals surface area contributed by atoms with Crippen LogP contribution in [0.2, 0.25) is 0 Å². The van der Waals surface area contributed by atoms with Crippen LogP contribution in [-0.4, -0.2) is 40.6 Å². The van der Waals surface area contributed by atoms with E-state index in [9.17, 15) is 9.59 Å². The summed E-state index contributed by atoms with van der Waals surface area (Å²) in [6.07, 6.45) is 0.0410. The minimum atomic E-state index is -0.935. The lowest BCUT2D eigenvalue weighted by Gasteiger charge is -2.11. The third kappa shape index (κ3) is 10.5. The van der Waals surface area contributed by atoms with E-state index in [2.05, 4.69) is 11.3 Å². The minimum Gasteiger partial charge on any atom is -0.478 e. The van der Waals surface area contributed by atoms with Crippen LogP contribution < -0.4 is 0 Å². The van der Waals surface area contributed by atoms with Gasteiger partial charge in [0.25, 0.3) is 0 Å². The van der Waals surface area contributed by atoms with Crippen LogP contribution in [0.4, 0.5) is 4.79 Å². The Morgan fingerprint density at radius 1 is 1.38 bits per heavy atom. The summed E-state index contributed by atoms with van der Waals surface area (Å²) in [5.74, 6) is -0.935. The summed E-state index contributed by atoms with van der Waals surface area (Å²) in [6.45, 7) is 8.77. The second kappa shape index (κ2) is 9.97. The van der Waals surface area contributed by atoms with E-state index >= 15 is 0 Å². The molecule has 94 valence electrons. The number of hydroxylamine groups is 2. The molecule has 0 spiro atoms. The van der Waals surface area contributed by atoms with Gasteiger partial charge in [-0.25, -0.2) is 9.59 Å². The van der Waals surface area contributed by atoms with Crippen molar-refractivity contribution in [1.29, 1.82) is 0 Å². The van der Waals surface area contributed by atoms with Crippen LogP contribution in [0, 0.1) is 0 Å². The zero-order valence-corrected chi connectivity index (χ0v) is 9.89. The summed E-state index contributed by atoms with van der Waals surface area (Å²) in [4.78, 5) is 20.2. The lowest BCUT2D eigenvalue weighted by molar-refractivity contribution is -0.132. The highest BCUT2D eigenvalue weighted by molar-refractivity contribution is 5.84. The Labute approximate surface area is 95.1 Å². The van der Waals surface area contributed by atoms with Crippen LogP contribution in [0.1, 0.15) is 27.2 Å². The third-order valence-electron chi connectivity index (χ3n) is 1.28. The Bertz CT molecular complexity index is 227. The summed E-state index contributed by atoms with van der Waals surface area (Å²) >= 11 is 0. The summed E-state index contributed by atoms with van der Waals surface area (Å²) < 4.78 is 4.49. The van der Waals surface area contributed by atoms with Crippen molar-refractivity contribution in [2.45, 2.75) is 27.2 Å². The number of rotatable bonds is 4. The first-order valence-electron chi connectivity index (χ1n) is 4.88. The molecular weight excluding hydrogens is 214 g/mol. The van der Waals surface area contributed by atoms with Crippen LogP contribution in [0.25, 0.3) is 0 Å². The Kier molecular flexibility index (Phi) is 10.5. The number of carboxylic acid groups (broad SMARTS) is 1. The molecule has 0 saturated carbocycles. The number of hydrogen-bond donors (Lipinski definition) is 2. The van der Waals surface area contributed by atoms with E-state index < -0.39 is 12.1 Å². The molecule has 1 amide bonds. The van der Waals surface area contributed by atoms with Gasteiger partial charge < -0.3 is 9.84 Å². The number of ether oxygens (including phenoxy) is 1. The van der Waals surface area contributed by atoms with Gasteiger partial charge in [0.05, 0.1) is 13.2 Å². The highest BCUT2D eigenvalue weighted by Crippen LogP contribution is 1.90. The first kappa shape index (κ1) is 16.9.